The molecule has 0 aromatic heterocycles. The summed E-state index contributed by atoms with van der Waals surface area (Å²) in [6.45, 7) is 4.27. The molecule has 1 unspecified atom stereocenters. The fraction of sp³-hybridized carbons (Fsp3) is 0.235. The summed E-state index contributed by atoms with van der Waals surface area (Å²) in [7, 11) is 0. The minimum atomic E-state index is -0.0623. The van der Waals surface area contributed by atoms with Crippen LogP contribution in [0.5, 0.6) is 0 Å². The Labute approximate surface area is 130 Å². The smallest absolute Gasteiger partial charge is 0.238 e. The van der Waals surface area contributed by atoms with Crippen molar-refractivity contribution in [3.05, 3.63) is 64.7 Å². The second-order valence-corrected chi connectivity index (χ2v) is 5.51. The van der Waals surface area contributed by atoms with Crippen LogP contribution in [0.15, 0.2) is 48.5 Å². The molecule has 0 fully saturated rings. The number of nitrogens with one attached hydrogen (secondary N) is 2. The largest absolute Gasteiger partial charge is 0.325 e. The van der Waals surface area contributed by atoms with Gasteiger partial charge in [-0.3, -0.25) is 4.79 Å². The van der Waals surface area contributed by atoms with Crippen molar-refractivity contribution in [2.45, 2.75) is 19.9 Å². The third kappa shape index (κ3) is 4.88. The quantitative estimate of drug-likeness (QED) is 0.878. The Hall–Kier alpha value is -1.84. The van der Waals surface area contributed by atoms with E-state index in [2.05, 4.69) is 10.6 Å². The molecule has 0 spiro atoms. The maximum Gasteiger partial charge on any atom is 0.238 e. The predicted octanol–water partition coefficient (Wildman–Crippen LogP) is 3.94. The molecule has 0 bridgehead atoms. The lowest BCUT2D eigenvalue weighted by molar-refractivity contribution is -0.115. The number of benzene rings is 2. The lowest BCUT2D eigenvalue weighted by Gasteiger charge is -2.14. The van der Waals surface area contributed by atoms with Gasteiger partial charge in [-0.05, 0) is 43.7 Å². The molecule has 2 aromatic carbocycles. The van der Waals surface area contributed by atoms with Crippen LogP contribution in [0.3, 0.4) is 0 Å². The zero-order chi connectivity index (χ0) is 15.2. The molecular formula is C17H19ClN2O. The zero-order valence-electron chi connectivity index (χ0n) is 12.2. The molecule has 2 rings (SSSR count). The van der Waals surface area contributed by atoms with Gasteiger partial charge in [-0.1, -0.05) is 41.4 Å². The fourth-order valence-electron chi connectivity index (χ4n) is 1.98. The number of hydrogen-bond donors (Lipinski definition) is 2. The molecule has 2 N–H and O–H groups in total. The van der Waals surface area contributed by atoms with Gasteiger partial charge >= 0.3 is 0 Å². The molecule has 2 aromatic rings. The molecular weight excluding hydrogens is 284 g/mol. The summed E-state index contributed by atoms with van der Waals surface area (Å²) >= 11 is 5.96. The van der Waals surface area contributed by atoms with Crippen LogP contribution in [0.4, 0.5) is 5.69 Å². The highest BCUT2D eigenvalue weighted by Gasteiger charge is 2.08. The Morgan fingerprint density at radius 3 is 2.57 bits per heavy atom. The van der Waals surface area contributed by atoms with Gasteiger partial charge in [0.25, 0.3) is 0 Å². The predicted molar refractivity (Wildman–Crippen MR) is 87.7 cm³/mol. The minimum Gasteiger partial charge on any atom is -0.325 e. The lowest BCUT2D eigenvalue weighted by atomic mass is 10.1. The average Bonchev–Trinajstić information content (AvgIpc) is 2.47. The summed E-state index contributed by atoms with van der Waals surface area (Å²) in [5.74, 6) is -0.0623. The van der Waals surface area contributed by atoms with Crippen molar-refractivity contribution in [3.63, 3.8) is 0 Å². The molecule has 1 atom stereocenters. The van der Waals surface area contributed by atoms with Gasteiger partial charge in [0.1, 0.15) is 0 Å². The van der Waals surface area contributed by atoms with E-state index >= 15 is 0 Å². The molecule has 3 nitrogen and oxygen atoms in total. The maximum atomic E-state index is 11.9. The van der Waals surface area contributed by atoms with Crippen LogP contribution < -0.4 is 10.6 Å². The average molecular weight is 303 g/mol. The Kier molecular flexibility index (Phi) is 5.37. The van der Waals surface area contributed by atoms with Gasteiger partial charge in [0.15, 0.2) is 0 Å². The Morgan fingerprint density at radius 2 is 1.90 bits per heavy atom. The summed E-state index contributed by atoms with van der Waals surface area (Å²) in [5.41, 5.74) is 3.04. The molecule has 0 radical (unpaired) electrons. The van der Waals surface area contributed by atoms with Gasteiger partial charge < -0.3 is 10.6 Å². The normalized spacial score (nSPS) is 12.0. The maximum absolute atomic E-state index is 11.9. The number of carbonyl (C=O) groups is 1. The third-order valence-electron chi connectivity index (χ3n) is 3.25. The van der Waals surface area contributed by atoms with E-state index in [4.69, 9.17) is 11.6 Å². The minimum absolute atomic E-state index is 0.0623. The fourth-order valence-corrected chi connectivity index (χ4v) is 2.18. The van der Waals surface area contributed by atoms with E-state index in [-0.39, 0.29) is 18.5 Å². The zero-order valence-corrected chi connectivity index (χ0v) is 12.9. The van der Waals surface area contributed by atoms with Gasteiger partial charge in [0.05, 0.1) is 6.54 Å². The SMILES string of the molecule is Cc1ccc(NC(=O)CNC(C)c2cccc(Cl)c2)cc1. The molecule has 4 heteroatoms. The van der Waals surface area contributed by atoms with Gasteiger partial charge in [-0.2, -0.15) is 0 Å². The van der Waals surface area contributed by atoms with Crippen LogP contribution in [0.2, 0.25) is 5.02 Å². The number of carbonyl (C=O) groups excluding carboxylic acids is 1. The molecule has 0 aliphatic heterocycles. The van der Waals surface area contributed by atoms with Crippen LogP contribution in [-0.4, -0.2) is 12.5 Å². The van der Waals surface area contributed by atoms with Crippen molar-refractivity contribution < 1.29 is 4.79 Å². The lowest BCUT2D eigenvalue weighted by Crippen LogP contribution is -2.30. The Bertz CT molecular complexity index is 610. The molecule has 0 aliphatic rings. The van der Waals surface area contributed by atoms with E-state index in [1.807, 2.05) is 62.4 Å². The van der Waals surface area contributed by atoms with Crippen molar-refractivity contribution in [1.82, 2.24) is 5.32 Å². The molecule has 110 valence electrons. The van der Waals surface area contributed by atoms with E-state index in [9.17, 15) is 4.79 Å². The van der Waals surface area contributed by atoms with E-state index in [1.165, 1.54) is 5.56 Å². The van der Waals surface area contributed by atoms with Crippen LogP contribution >= 0.6 is 11.6 Å². The van der Waals surface area contributed by atoms with E-state index < -0.39 is 0 Å². The summed E-state index contributed by atoms with van der Waals surface area (Å²) < 4.78 is 0. The van der Waals surface area contributed by atoms with Crippen molar-refractivity contribution >= 4 is 23.2 Å². The van der Waals surface area contributed by atoms with Crippen LogP contribution in [0.1, 0.15) is 24.1 Å². The third-order valence-corrected chi connectivity index (χ3v) is 3.49. The summed E-state index contributed by atoms with van der Waals surface area (Å²) in [4.78, 5) is 11.9. The Morgan fingerprint density at radius 1 is 1.19 bits per heavy atom. The Balaban J connectivity index is 1.84. The second kappa shape index (κ2) is 7.25. The second-order valence-electron chi connectivity index (χ2n) is 5.07. The monoisotopic (exact) mass is 302 g/mol. The molecule has 0 saturated heterocycles. The number of aryl methyl sites for hydroxylation is 1. The number of anilines is 1. The van der Waals surface area contributed by atoms with Crippen molar-refractivity contribution in [3.8, 4) is 0 Å². The van der Waals surface area contributed by atoms with Crippen molar-refractivity contribution in [2.24, 2.45) is 0 Å². The molecule has 0 heterocycles. The first-order valence-electron chi connectivity index (χ1n) is 6.90. The number of hydrogen-bond acceptors (Lipinski definition) is 2. The molecule has 0 aliphatic carbocycles. The summed E-state index contributed by atoms with van der Waals surface area (Å²) in [6.07, 6.45) is 0. The summed E-state index contributed by atoms with van der Waals surface area (Å²) in [5, 5.41) is 6.75. The van der Waals surface area contributed by atoms with Gasteiger partial charge in [-0.25, -0.2) is 0 Å². The first-order chi connectivity index (χ1) is 10.0. The number of rotatable bonds is 5. The van der Waals surface area contributed by atoms with Crippen LogP contribution in [0.25, 0.3) is 0 Å². The highest BCUT2D eigenvalue weighted by molar-refractivity contribution is 6.30. The molecule has 0 saturated carbocycles. The van der Waals surface area contributed by atoms with Gasteiger partial charge in [-0.15, -0.1) is 0 Å². The highest BCUT2D eigenvalue weighted by Crippen LogP contribution is 2.17. The van der Waals surface area contributed by atoms with Crippen molar-refractivity contribution in [1.29, 1.82) is 0 Å². The molecule has 1 amide bonds. The number of halogens is 1. The van der Waals surface area contributed by atoms with E-state index in [0.717, 1.165) is 11.3 Å². The topological polar surface area (TPSA) is 41.1 Å². The van der Waals surface area contributed by atoms with E-state index in [0.29, 0.717) is 5.02 Å². The van der Waals surface area contributed by atoms with Crippen LogP contribution in [0, 0.1) is 6.92 Å². The number of amides is 1. The highest BCUT2D eigenvalue weighted by atomic mass is 35.5. The standard InChI is InChI=1S/C17H19ClN2O/c1-12-6-8-16(9-7-12)20-17(21)11-19-13(2)14-4-3-5-15(18)10-14/h3-10,13,19H,11H2,1-2H3,(H,20,21). The van der Waals surface area contributed by atoms with Gasteiger partial charge in [0, 0.05) is 16.8 Å². The first-order valence-corrected chi connectivity index (χ1v) is 7.28. The van der Waals surface area contributed by atoms with Crippen molar-refractivity contribution in [2.75, 3.05) is 11.9 Å². The van der Waals surface area contributed by atoms with E-state index in [1.54, 1.807) is 0 Å². The first kappa shape index (κ1) is 15.5. The molecule has 21 heavy (non-hydrogen) atoms. The summed E-state index contributed by atoms with van der Waals surface area (Å²) in [6, 6.07) is 15.4. The van der Waals surface area contributed by atoms with Gasteiger partial charge in [0.2, 0.25) is 5.91 Å². The van der Waals surface area contributed by atoms with Crippen LogP contribution in [-0.2, 0) is 4.79 Å².